The lowest BCUT2D eigenvalue weighted by atomic mass is 10.0. The van der Waals surface area contributed by atoms with E-state index in [2.05, 4.69) is 44.0 Å². The summed E-state index contributed by atoms with van der Waals surface area (Å²) in [6, 6.07) is 8.77. The molecule has 2 heterocycles. The quantitative estimate of drug-likeness (QED) is 0.911. The zero-order chi connectivity index (χ0) is 12.5. The number of nitrogens with one attached hydrogen (secondary N) is 1. The summed E-state index contributed by atoms with van der Waals surface area (Å²) in [6.45, 7) is 2.42. The lowest BCUT2D eigenvalue weighted by Crippen LogP contribution is -2.50. The van der Waals surface area contributed by atoms with E-state index in [4.69, 9.17) is 0 Å². The predicted octanol–water partition coefficient (Wildman–Crippen LogP) is 2.54. The minimum Gasteiger partial charge on any atom is -0.395 e. The van der Waals surface area contributed by atoms with Crippen LogP contribution < -0.4 is 0 Å². The summed E-state index contributed by atoms with van der Waals surface area (Å²) in [4.78, 5) is 5.72. The minimum absolute atomic E-state index is 0.287. The smallest absolute Gasteiger partial charge is 0.0863 e. The molecule has 1 saturated heterocycles. The van der Waals surface area contributed by atoms with E-state index in [0.29, 0.717) is 6.04 Å². The summed E-state index contributed by atoms with van der Waals surface area (Å²) in [7, 11) is 0. The van der Waals surface area contributed by atoms with Gasteiger partial charge in [-0.2, -0.15) is 0 Å². The second-order valence-electron chi connectivity index (χ2n) is 4.87. The molecule has 0 saturated carbocycles. The second-order valence-corrected chi connectivity index (χ2v) is 5.67. The third-order valence-electron chi connectivity index (χ3n) is 3.89. The van der Waals surface area contributed by atoms with Gasteiger partial charge >= 0.3 is 0 Å². The minimum atomic E-state index is 0.287. The fourth-order valence-electron chi connectivity index (χ4n) is 2.66. The maximum absolute atomic E-state index is 9.18. The summed E-state index contributed by atoms with van der Waals surface area (Å²) < 4.78 is 1.09. The lowest BCUT2D eigenvalue weighted by molar-refractivity contribution is 0.0437. The first-order chi connectivity index (χ1) is 8.79. The molecule has 4 heteroatoms. The number of H-pyrrole nitrogens is 1. The molecule has 1 fully saturated rings. The van der Waals surface area contributed by atoms with Crippen LogP contribution >= 0.6 is 15.9 Å². The number of para-hydroxylation sites is 1. The Labute approximate surface area is 115 Å². The average Bonchev–Trinajstić information content (AvgIpc) is 2.65. The van der Waals surface area contributed by atoms with Crippen molar-refractivity contribution >= 4 is 26.8 Å². The van der Waals surface area contributed by atoms with Crippen LogP contribution in [0, 0.1) is 0 Å². The Morgan fingerprint density at radius 1 is 1.39 bits per heavy atom. The van der Waals surface area contributed by atoms with Gasteiger partial charge in [0, 0.05) is 30.0 Å². The molecular weight excluding hydrogens is 292 g/mol. The van der Waals surface area contributed by atoms with Crippen LogP contribution in [0.15, 0.2) is 28.9 Å². The normalized spacial score (nSPS) is 20.2. The van der Waals surface area contributed by atoms with Crippen molar-refractivity contribution in [3.8, 4) is 0 Å². The number of hydrogen-bond donors (Lipinski definition) is 2. The maximum atomic E-state index is 9.18. The van der Waals surface area contributed by atoms with E-state index >= 15 is 0 Å². The molecule has 1 unspecified atom stereocenters. The number of fused-ring (bicyclic) bond motifs is 1. The molecule has 0 aliphatic carbocycles. The highest BCUT2D eigenvalue weighted by atomic mass is 79.9. The molecular formula is C14H17BrN2O. The van der Waals surface area contributed by atoms with Crippen molar-refractivity contribution in [1.82, 2.24) is 9.88 Å². The Morgan fingerprint density at radius 2 is 2.22 bits per heavy atom. The summed E-state index contributed by atoms with van der Waals surface area (Å²) in [6.07, 6.45) is 2.15. The number of rotatable bonds is 4. The number of nitrogens with zero attached hydrogens (tertiary/aromatic N) is 1. The molecule has 3 rings (SSSR count). The molecule has 2 N–H and O–H groups in total. The molecule has 1 aromatic carbocycles. The van der Waals surface area contributed by atoms with Crippen LogP contribution in [-0.2, 0) is 6.42 Å². The number of aromatic nitrogens is 1. The van der Waals surface area contributed by atoms with E-state index in [-0.39, 0.29) is 6.61 Å². The van der Waals surface area contributed by atoms with Gasteiger partial charge in [0.15, 0.2) is 0 Å². The van der Waals surface area contributed by atoms with Crippen LogP contribution in [0.2, 0.25) is 0 Å². The fourth-order valence-corrected chi connectivity index (χ4v) is 3.29. The first-order valence-corrected chi connectivity index (χ1v) is 7.19. The number of likely N-dealkylation sites (tertiary alicyclic amines) is 1. The van der Waals surface area contributed by atoms with Crippen molar-refractivity contribution in [3.63, 3.8) is 0 Å². The molecule has 0 radical (unpaired) electrons. The third-order valence-corrected chi connectivity index (χ3v) is 4.56. The first-order valence-electron chi connectivity index (χ1n) is 6.39. The van der Waals surface area contributed by atoms with Crippen LogP contribution in [0.25, 0.3) is 10.9 Å². The van der Waals surface area contributed by atoms with Crippen molar-refractivity contribution in [1.29, 1.82) is 0 Å². The fraction of sp³-hybridized carbons (Fsp3) is 0.429. The first kappa shape index (κ1) is 12.2. The van der Waals surface area contributed by atoms with Crippen molar-refractivity contribution < 1.29 is 5.11 Å². The van der Waals surface area contributed by atoms with Gasteiger partial charge in [-0.3, -0.25) is 4.90 Å². The van der Waals surface area contributed by atoms with E-state index in [1.165, 1.54) is 16.5 Å². The Hall–Kier alpha value is -0.840. The molecule has 18 heavy (non-hydrogen) atoms. The van der Waals surface area contributed by atoms with Gasteiger partial charge in [-0.05, 0) is 40.4 Å². The van der Waals surface area contributed by atoms with Gasteiger partial charge in [0.05, 0.1) is 11.2 Å². The average molecular weight is 309 g/mol. The van der Waals surface area contributed by atoms with E-state index < -0.39 is 0 Å². The van der Waals surface area contributed by atoms with Crippen molar-refractivity contribution in [2.24, 2.45) is 0 Å². The molecule has 0 bridgehead atoms. The van der Waals surface area contributed by atoms with E-state index in [9.17, 15) is 5.11 Å². The van der Waals surface area contributed by atoms with Gasteiger partial charge in [0.2, 0.25) is 0 Å². The molecule has 1 atom stereocenters. The van der Waals surface area contributed by atoms with Crippen molar-refractivity contribution in [3.05, 3.63) is 34.4 Å². The molecule has 0 amide bonds. The van der Waals surface area contributed by atoms with Gasteiger partial charge in [-0.25, -0.2) is 0 Å². The van der Waals surface area contributed by atoms with Crippen LogP contribution in [0.3, 0.4) is 0 Å². The number of aromatic amines is 1. The summed E-state index contributed by atoms with van der Waals surface area (Å²) in [5.74, 6) is 0. The van der Waals surface area contributed by atoms with Gasteiger partial charge in [0.25, 0.3) is 0 Å². The van der Waals surface area contributed by atoms with Crippen LogP contribution in [0.4, 0.5) is 0 Å². The van der Waals surface area contributed by atoms with E-state index in [0.717, 1.165) is 30.5 Å². The van der Waals surface area contributed by atoms with Gasteiger partial charge in [0.1, 0.15) is 0 Å². The van der Waals surface area contributed by atoms with Gasteiger partial charge < -0.3 is 10.1 Å². The molecule has 1 aliphatic rings. The highest BCUT2D eigenvalue weighted by Crippen LogP contribution is 2.27. The summed E-state index contributed by atoms with van der Waals surface area (Å²) in [5, 5.41) is 10.5. The predicted molar refractivity (Wildman–Crippen MR) is 76.8 cm³/mol. The van der Waals surface area contributed by atoms with Crippen LogP contribution in [0.1, 0.15) is 12.0 Å². The van der Waals surface area contributed by atoms with Crippen LogP contribution in [0.5, 0.6) is 0 Å². The Balaban J connectivity index is 1.76. The zero-order valence-corrected chi connectivity index (χ0v) is 11.8. The van der Waals surface area contributed by atoms with Gasteiger partial charge in [-0.1, -0.05) is 18.2 Å². The molecule has 0 spiro atoms. The monoisotopic (exact) mass is 308 g/mol. The summed E-state index contributed by atoms with van der Waals surface area (Å²) >= 11 is 3.61. The Bertz CT molecular complexity index is 550. The standard InChI is InChI=1S/C14H17BrN2O/c15-14-12(6-8-17-7-5-10(17)9-18)11-3-1-2-4-13(11)16-14/h1-4,10,16,18H,5-9H2. The Morgan fingerprint density at radius 3 is 2.94 bits per heavy atom. The largest absolute Gasteiger partial charge is 0.395 e. The topological polar surface area (TPSA) is 39.3 Å². The zero-order valence-electron chi connectivity index (χ0n) is 10.2. The molecule has 2 aromatic rings. The molecule has 96 valence electrons. The SMILES string of the molecule is OCC1CCN1CCc1c(Br)[nH]c2ccccc12. The number of aliphatic hydroxyl groups is 1. The molecule has 3 nitrogen and oxygen atoms in total. The number of aliphatic hydroxyl groups excluding tert-OH is 1. The second kappa shape index (κ2) is 5.03. The Kier molecular flexibility index (Phi) is 3.41. The van der Waals surface area contributed by atoms with Crippen molar-refractivity contribution in [2.45, 2.75) is 18.9 Å². The number of halogens is 1. The molecule has 1 aliphatic heterocycles. The number of hydrogen-bond acceptors (Lipinski definition) is 2. The van der Waals surface area contributed by atoms with Gasteiger partial charge in [-0.15, -0.1) is 0 Å². The highest BCUT2D eigenvalue weighted by molar-refractivity contribution is 9.10. The molecule has 1 aromatic heterocycles. The maximum Gasteiger partial charge on any atom is 0.0863 e. The summed E-state index contributed by atoms with van der Waals surface area (Å²) in [5.41, 5.74) is 2.52. The van der Waals surface area contributed by atoms with Crippen LogP contribution in [-0.4, -0.2) is 40.7 Å². The van der Waals surface area contributed by atoms with E-state index in [1.807, 2.05) is 6.07 Å². The lowest BCUT2D eigenvalue weighted by Gasteiger charge is -2.39. The van der Waals surface area contributed by atoms with E-state index in [1.54, 1.807) is 0 Å². The van der Waals surface area contributed by atoms with Crippen molar-refractivity contribution in [2.75, 3.05) is 19.7 Å². The number of benzene rings is 1. The third kappa shape index (κ3) is 2.09. The highest BCUT2D eigenvalue weighted by Gasteiger charge is 2.26.